The number of carbonyl (C=O) groups is 2. The van der Waals surface area contributed by atoms with Crippen molar-refractivity contribution in [3.63, 3.8) is 0 Å². The second kappa shape index (κ2) is 8.74. The van der Waals surface area contributed by atoms with Crippen LogP contribution in [0.1, 0.15) is 33.1 Å². The lowest BCUT2D eigenvalue weighted by Gasteiger charge is -2.25. The lowest BCUT2D eigenvalue weighted by atomic mass is 10.1. The van der Waals surface area contributed by atoms with Gasteiger partial charge >= 0.3 is 0 Å². The molecule has 0 bridgehead atoms. The van der Waals surface area contributed by atoms with Gasteiger partial charge in [0.05, 0.1) is 25.8 Å². The zero-order valence-corrected chi connectivity index (χ0v) is 15.6. The maximum absolute atomic E-state index is 12.8. The van der Waals surface area contributed by atoms with Gasteiger partial charge in [0.1, 0.15) is 11.5 Å². The SMILES string of the molecule is CCCN(CCC)C(=O)C1CC(=O)N(c2cc(OC)ccc2OC)C1. The van der Waals surface area contributed by atoms with E-state index in [0.29, 0.717) is 23.7 Å². The second-order valence-electron chi connectivity index (χ2n) is 6.27. The third kappa shape index (κ3) is 4.24. The Balaban J connectivity index is 2.21. The van der Waals surface area contributed by atoms with E-state index in [2.05, 4.69) is 13.8 Å². The van der Waals surface area contributed by atoms with E-state index in [1.54, 1.807) is 37.3 Å². The van der Waals surface area contributed by atoms with Crippen molar-refractivity contribution >= 4 is 17.5 Å². The third-order valence-corrected chi connectivity index (χ3v) is 4.45. The molecule has 1 aromatic rings. The maximum Gasteiger partial charge on any atom is 0.228 e. The van der Waals surface area contributed by atoms with Gasteiger partial charge in [-0.3, -0.25) is 9.59 Å². The minimum atomic E-state index is -0.304. The highest BCUT2D eigenvalue weighted by atomic mass is 16.5. The minimum Gasteiger partial charge on any atom is -0.497 e. The van der Waals surface area contributed by atoms with E-state index in [9.17, 15) is 9.59 Å². The molecule has 6 heteroatoms. The van der Waals surface area contributed by atoms with Gasteiger partial charge < -0.3 is 19.3 Å². The summed E-state index contributed by atoms with van der Waals surface area (Å²) in [6.45, 7) is 5.97. The van der Waals surface area contributed by atoms with E-state index < -0.39 is 0 Å². The van der Waals surface area contributed by atoms with Gasteiger partial charge in [0.25, 0.3) is 0 Å². The van der Waals surface area contributed by atoms with Crippen LogP contribution < -0.4 is 14.4 Å². The number of anilines is 1. The van der Waals surface area contributed by atoms with Crippen LogP contribution in [0.2, 0.25) is 0 Å². The van der Waals surface area contributed by atoms with Gasteiger partial charge in [-0.15, -0.1) is 0 Å². The summed E-state index contributed by atoms with van der Waals surface area (Å²) in [5.74, 6) is 0.957. The van der Waals surface area contributed by atoms with Gasteiger partial charge in [-0.25, -0.2) is 0 Å². The summed E-state index contributed by atoms with van der Waals surface area (Å²) in [6.07, 6.45) is 2.07. The Morgan fingerprint density at radius 3 is 2.44 bits per heavy atom. The largest absolute Gasteiger partial charge is 0.497 e. The van der Waals surface area contributed by atoms with Crippen molar-refractivity contribution in [1.29, 1.82) is 0 Å². The Labute approximate surface area is 149 Å². The normalized spacial score (nSPS) is 16.9. The minimum absolute atomic E-state index is 0.0575. The van der Waals surface area contributed by atoms with Gasteiger partial charge in [-0.1, -0.05) is 13.8 Å². The van der Waals surface area contributed by atoms with Crippen LogP contribution in [0.4, 0.5) is 5.69 Å². The molecule has 0 aliphatic carbocycles. The topological polar surface area (TPSA) is 59.1 Å². The number of amides is 2. The molecule has 0 aromatic heterocycles. The molecule has 0 radical (unpaired) electrons. The molecule has 1 aliphatic heterocycles. The predicted molar refractivity (Wildman–Crippen MR) is 97.2 cm³/mol. The zero-order chi connectivity index (χ0) is 18.4. The Morgan fingerprint density at radius 2 is 1.88 bits per heavy atom. The average molecular weight is 348 g/mol. The molecule has 6 nitrogen and oxygen atoms in total. The molecule has 1 heterocycles. The smallest absolute Gasteiger partial charge is 0.228 e. The van der Waals surface area contributed by atoms with Gasteiger partial charge in [-0.2, -0.15) is 0 Å². The van der Waals surface area contributed by atoms with E-state index in [1.807, 2.05) is 4.90 Å². The highest BCUT2D eigenvalue weighted by molar-refractivity contribution is 6.01. The first kappa shape index (κ1) is 19.1. The molecule has 2 rings (SSSR count). The number of rotatable bonds is 8. The van der Waals surface area contributed by atoms with Crippen LogP contribution in [0, 0.1) is 5.92 Å². The summed E-state index contributed by atoms with van der Waals surface area (Å²) in [5.41, 5.74) is 0.652. The van der Waals surface area contributed by atoms with E-state index in [0.717, 1.165) is 25.9 Å². The van der Waals surface area contributed by atoms with Crippen LogP contribution in [0.25, 0.3) is 0 Å². The second-order valence-corrected chi connectivity index (χ2v) is 6.27. The monoisotopic (exact) mass is 348 g/mol. The first-order chi connectivity index (χ1) is 12.0. The molecule has 0 saturated carbocycles. The molecule has 0 N–H and O–H groups in total. The Hall–Kier alpha value is -2.24. The zero-order valence-electron chi connectivity index (χ0n) is 15.6. The number of hydrogen-bond acceptors (Lipinski definition) is 4. The molecule has 25 heavy (non-hydrogen) atoms. The van der Waals surface area contributed by atoms with Crippen LogP contribution in [0.3, 0.4) is 0 Å². The number of ether oxygens (including phenoxy) is 2. The van der Waals surface area contributed by atoms with Crippen LogP contribution in [-0.2, 0) is 9.59 Å². The average Bonchev–Trinajstić information content (AvgIpc) is 3.01. The van der Waals surface area contributed by atoms with Crippen LogP contribution in [0.5, 0.6) is 11.5 Å². The molecular formula is C19H28N2O4. The van der Waals surface area contributed by atoms with Gasteiger partial charge in [-0.05, 0) is 25.0 Å². The molecule has 1 aromatic carbocycles. The fraction of sp³-hybridized carbons (Fsp3) is 0.579. The van der Waals surface area contributed by atoms with Crippen molar-refractivity contribution in [2.24, 2.45) is 5.92 Å². The standard InChI is InChI=1S/C19H28N2O4/c1-5-9-20(10-6-2)19(23)14-11-18(22)21(13-14)16-12-15(24-3)7-8-17(16)25-4/h7-8,12,14H,5-6,9-11,13H2,1-4H3. The van der Waals surface area contributed by atoms with Crippen molar-refractivity contribution in [3.8, 4) is 11.5 Å². The lowest BCUT2D eigenvalue weighted by Crippen LogP contribution is -2.38. The van der Waals surface area contributed by atoms with Gasteiger partial charge in [0.15, 0.2) is 0 Å². The Kier molecular flexibility index (Phi) is 6.67. The number of methoxy groups -OCH3 is 2. The number of nitrogens with zero attached hydrogens (tertiary/aromatic N) is 2. The van der Waals surface area contributed by atoms with Crippen LogP contribution in [-0.4, -0.2) is 50.6 Å². The van der Waals surface area contributed by atoms with Gasteiger partial charge in [0, 0.05) is 32.1 Å². The van der Waals surface area contributed by atoms with Crippen molar-refractivity contribution in [2.45, 2.75) is 33.1 Å². The van der Waals surface area contributed by atoms with E-state index in [-0.39, 0.29) is 24.2 Å². The molecule has 1 aliphatic rings. The molecule has 0 spiro atoms. The predicted octanol–water partition coefficient (Wildman–Crippen LogP) is 2.71. The van der Waals surface area contributed by atoms with E-state index in [1.165, 1.54) is 0 Å². The van der Waals surface area contributed by atoms with Crippen LogP contribution in [0.15, 0.2) is 18.2 Å². The molecule has 2 amide bonds. The third-order valence-electron chi connectivity index (χ3n) is 4.45. The summed E-state index contributed by atoms with van der Waals surface area (Å²) in [4.78, 5) is 28.9. The molecule has 1 saturated heterocycles. The molecule has 1 fully saturated rings. The molecular weight excluding hydrogens is 320 g/mol. The first-order valence-electron chi connectivity index (χ1n) is 8.86. The summed E-state index contributed by atoms with van der Waals surface area (Å²) >= 11 is 0. The molecule has 138 valence electrons. The summed E-state index contributed by atoms with van der Waals surface area (Å²) in [5, 5.41) is 0. The quantitative estimate of drug-likeness (QED) is 0.725. The lowest BCUT2D eigenvalue weighted by molar-refractivity contribution is -0.135. The van der Waals surface area contributed by atoms with Gasteiger partial charge in [0.2, 0.25) is 11.8 Å². The number of hydrogen-bond donors (Lipinski definition) is 0. The van der Waals surface area contributed by atoms with Crippen LogP contribution >= 0.6 is 0 Å². The summed E-state index contributed by atoms with van der Waals surface area (Å²) in [6, 6.07) is 5.34. The van der Waals surface area contributed by atoms with Crippen molar-refractivity contribution in [1.82, 2.24) is 4.90 Å². The van der Waals surface area contributed by atoms with Crippen molar-refractivity contribution in [3.05, 3.63) is 18.2 Å². The highest BCUT2D eigenvalue weighted by Gasteiger charge is 2.38. The maximum atomic E-state index is 12.8. The fourth-order valence-corrected chi connectivity index (χ4v) is 3.24. The van der Waals surface area contributed by atoms with Crippen molar-refractivity contribution in [2.75, 3.05) is 38.8 Å². The Bertz CT molecular complexity index is 611. The number of benzene rings is 1. The summed E-state index contributed by atoms with van der Waals surface area (Å²) < 4.78 is 10.6. The first-order valence-corrected chi connectivity index (χ1v) is 8.86. The molecule has 1 unspecified atom stereocenters. The fourth-order valence-electron chi connectivity index (χ4n) is 3.24. The van der Waals surface area contributed by atoms with Crippen molar-refractivity contribution < 1.29 is 19.1 Å². The number of carbonyl (C=O) groups excluding carboxylic acids is 2. The molecule has 1 atom stereocenters. The Morgan fingerprint density at radius 1 is 1.20 bits per heavy atom. The van der Waals surface area contributed by atoms with E-state index >= 15 is 0 Å². The van der Waals surface area contributed by atoms with E-state index in [4.69, 9.17) is 9.47 Å². The summed E-state index contributed by atoms with van der Waals surface area (Å²) in [7, 11) is 3.15. The highest BCUT2D eigenvalue weighted by Crippen LogP contribution is 2.36.